The normalized spacial score (nSPS) is 12.1. The van der Waals surface area contributed by atoms with Crippen LogP contribution < -0.4 is 5.32 Å². The molecule has 4 rings (SSSR count). The first-order chi connectivity index (χ1) is 16.6. The molecular formula is C28H31N3O3. The van der Waals surface area contributed by atoms with Crippen molar-refractivity contribution in [2.24, 2.45) is 0 Å². The van der Waals surface area contributed by atoms with Crippen molar-refractivity contribution < 1.29 is 14.0 Å². The van der Waals surface area contributed by atoms with Crippen LogP contribution in [-0.4, -0.2) is 28.1 Å². The van der Waals surface area contributed by atoms with Crippen LogP contribution >= 0.6 is 0 Å². The zero-order chi connectivity index (χ0) is 23.8. The molecule has 1 atom stereocenters. The maximum atomic E-state index is 12.9. The third kappa shape index (κ3) is 6.08. The van der Waals surface area contributed by atoms with Gasteiger partial charge in [0, 0.05) is 23.8 Å². The summed E-state index contributed by atoms with van der Waals surface area (Å²) in [6, 6.07) is 17.3. The second kappa shape index (κ2) is 11.6. The fourth-order valence-electron chi connectivity index (χ4n) is 4.10. The molecule has 6 nitrogen and oxygen atoms in total. The van der Waals surface area contributed by atoms with E-state index in [9.17, 15) is 9.59 Å². The largest absolute Gasteiger partial charge is 0.464 e. The molecule has 0 bridgehead atoms. The smallest absolute Gasteiger partial charge is 0.176 e. The first-order valence-electron chi connectivity index (χ1n) is 12.0. The van der Waals surface area contributed by atoms with Crippen LogP contribution in [0.15, 0.2) is 71.5 Å². The van der Waals surface area contributed by atoms with Crippen molar-refractivity contribution in [1.82, 2.24) is 15.3 Å². The monoisotopic (exact) mass is 457 g/mol. The van der Waals surface area contributed by atoms with E-state index in [1.165, 1.54) is 0 Å². The molecule has 2 aromatic heterocycles. The number of aromatic amines is 1. The average Bonchev–Trinajstić information content (AvgIpc) is 3.55. The number of nitrogens with one attached hydrogen (secondary N) is 2. The molecule has 0 saturated carbocycles. The van der Waals surface area contributed by atoms with Gasteiger partial charge in [-0.05, 0) is 42.7 Å². The number of H-pyrrole nitrogens is 1. The molecule has 0 aliphatic heterocycles. The number of imidazole rings is 1. The van der Waals surface area contributed by atoms with Crippen molar-refractivity contribution in [3.05, 3.63) is 78.4 Å². The number of Topliss-reactive ketones (excluding diaryl/α,β-unsaturated/α-hetero) is 2. The summed E-state index contributed by atoms with van der Waals surface area (Å²) in [5, 5.41) is 4.34. The van der Waals surface area contributed by atoms with Gasteiger partial charge in [-0.2, -0.15) is 0 Å². The van der Waals surface area contributed by atoms with Crippen molar-refractivity contribution in [3.8, 4) is 11.3 Å². The Kier molecular flexibility index (Phi) is 8.04. The molecule has 2 N–H and O–H groups in total. The van der Waals surface area contributed by atoms with Crippen molar-refractivity contribution >= 4 is 22.5 Å². The molecule has 34 heavy (non-hydrogen) atoms. The van der Waals surface area contributed by atoms with Crippen LogP contribution in [-0.2, 0) is 4.79 Å². The molecule has 0 aliphatic rings. The second-order valence-electron chi connectivity index (χ2n) is 8.57. The third-order valence-corrected chi connectivity index (χ3v) is 6.14. The summed E-state index contributed by atoms with van der Waals surface area (Å²) in [6.45, 7) is 2.12. The van der Waals surface area contributed by atoms with Crippen LogP contribution in [0.25, 0.3) is 22.2 Å². The first-order valence-corrected chi connectivity index (χ1v) is 12.0. The van der Waals surface area contributed by atoms with E-state index in [4.69, 9.17) is 4.42 Å². The van der Waals surface area contributed by atoms with Gasteiger partial charge in [-0.15, -0.1) is 0 Å². The number of furan rings is 1. The van der Waals surface area contributed by atoms with E-state index in [1.807, 2.05) is 61.7 Å². The van der Waals surface area contributed by atoms with Gasteiger partial charge in [0.15, 0.2) is 5.78 Å². The molecular weight excluding hydrogens is 426 g/mol. The lowest BCUT2D eigenvalue weighted by Crippen LogP contribution is -2.28. The lowest BCUT2D eigenvalue weighted by molar-refractivity contribution is -0.118. The van der Waals surface area contributed by atoms with Gasteiger partial charge in [-0.25, -0.2) is 4.98 Å². The Balaban J connectivity index is 1.41. The Hall–Kier alpha value is -3.51. The molecule has 2 heterocycles. The van der Waals surface area contributed by atoms with Crippen molar-refractivity contribution in [3.63, 3.8) is 0 Å². The van der Waals surface area contributed by atoms with Gasteiger partial charge in [0.25, 0.3) is 0 Å². The van der Waals surface area contributed by atoms with Crippen LogP contribution in [0.5, 0.6) is 0 Å². The van der Waals surface area contributed by atoms with E-state index in [-0.39, 0.29) is 18.4 Å². The first kappa shape index (κ1) is 23.6. The summed E-state index contributed by atoms with van der Waals surface area (Å²) in [7, 11) is 0. The van der Waals surface area contributed by atoms with Gasteiger partial charge in [-0.1, -0.05) is 50.1 Å². The number of ketones is 2. The van der Waals surface area contributed by atoms with Gasteiger partial charge in [-0.3, -0.25) is 9.59 Å². The number of carbonyl (C=O) groups excluding carboxylic acids is 2. The van der Waals surface area contributed by atoms with Crippen LogP contribution in [0.4, 0.5) is 0 Å². The number of rotatable bonds is 13. The fraction of sp³-hybridized carbons (Fsp3) is 0.321. The zero-order valence-corrected chi connectivity index (χ0v) is 19.5. The van der Waals surface area contributed by atoms with Crippen LogP contribution in [0.1, 0.15) is 67.7 Å². The predicted octanol–water partition coefficient (Wildman–Crippen LogP) is 6.27. The minimum absolute atomic E-state index is 0.0245. The molecule has 0 saturated heterocycles. The van der Waals surface area contributed by atoms with Gasteiger partial charge in [0.1, 0.15) is 17.2 Å². The second-order valence-corrected chi connectivity index (χ2v) is 8.57. The summed E-state index contributed by atoms with van der Waals surface area (Å²) >= 11 is 0. The Bertz CT molecular complexity index is 1230. The van der Waals surface area contributed by atoms with Crippen LogP contribution in [0.2, 0.25) is 0 Å². The highest BCUT2D eigenvalue weighted by Gasteiger charge is 2.18. The van der Waals surface area contributed by atoms with Crippen LogP contribution in [0.3, 0.4) is 0 Å². The van der Waals surface area contributed by atoms with Gasteiger partial charge in [0.05, 0.1) is 30.7 Å². The van der Waals surface area contributed by atoms with Crippen molar-refractivity contribution in [2.75, 3.05) is 6.54 Å². The summed E-state index contributed by atoms with van der Waals surface area (Å²) in [5.41, 5.74) is 3.45. The number of hydrogen-bond donors (Lipinski definition) is 2. The highest BCUT2D eigenvalue weighted by molar-refractivity contribution is 6.00. The van der Waals surface area contributed by atoms with E-state index in [2.05, 4.69) is 15.3 Å². The van der Waals surface area contributed by atoms with E-state index in [0.717, 1.165) is 53.7 Å². The minimum atomic E-state index is -0.0825. The summed E-state index contributed by atoms with van der Waals surface area (Å²) in [4.78, 5) is 32.5. The number of carbonyl (C=O) groups is 2. The molecule has 0 amide bonds. The lowest BCUT2D eigenvalue weighted by atomic mass is 10.0. The number of fused-ring (bicyclic) bond motifs is 1. The zero-order valence-electron chi connectivity index (χ0n) is 19.5. The highest BCUT2D eigenvalue weighted by Crippen LogP contribution is 2.23. The quantitative estimate of drug-likeness (QED) is 0.183. The average molecular weight is 458 g/mol. The fourth-order valence-corrected chi connectivity index (χ4v) is 4.10. The van der Waals surface area contributed by atoms with Gasteiger partial charge >= 0.3 is 0 Å². The van der Waals surface area contributed by atoms with Gasteiger partial charge in [0.2, 0.25) is 0 Å². The SMILES string of the molecule is CCC(=O)CCCCC[C@H](NCC(=O)c1ccc2occc2c1)c1ncc(-c2ccccc2)[nH]1. The molecule has 176 valence electrons. The van der Waals surface area contributed by atoms with E-state index in [1.54, 1.807) is 12.3 Å². The number of nitrogens with zero attached hydrogens (tertiary/aromatic N) is 1. The maximum Gasteiger partial charge on any atom is 0.176 e. The third-order valence-electron chi connectivity index (χ3n) is 6.14. The Morgan fingerprint density at radius 3 is 2.74 bits per heavy atom. The van der Waals surface area contributed by atoms with Crippen LogP contribution in [0, 0.1) is 0 Å². The Morgan fingerprint density at radius 1 is 1.06 bits per heavy atom. The maximum absolute atomic E-state index is 12.9. The van der Waals surface area contributed by atoms with E-state index in [0.29, 0.717) is 24.2 Å². The van der Waals surface area contributed by atoms with Crippen molar-refractivity contribution in [1.29, 1.82) is 0 Å². The van der Waals surface area contributed by atoms with Gasteiger partial charge < -0.3 is 14.7 Å². The summed E-state index contributed by atoms with van der Waals surface area (Å²) < 4.78 is 5.37. The molecule has 6 heteroatoms. The molecule has 0 unspecified atom stereocenters. The Labute approximate surface area is 199 Å². The molecule has 4 aromatic rings. The molecule has 0 radical (unpaired) electrons. The molecule has 0 spiro atoms. The topological polar surface area (TPSA) is 88.0 Å². The lowest BCUT2D eigenvalue weighted by Gasteiger charge is -2.16. The van der Waals surface area contributed by atoms with Crippen molar-refractivity contribution in [2.45, 2.75) is 51.5 Å². The minimum Gasteiger partial charge on any atom is -0.464 e. The molecule has 0 fully saturated rings. The molecule has 2 aromatic carbocycles. The predicted molar refractivity (Wildman–Crippen MR) is 134 cm³/mol. The summed E-state index contributed by atoms with van der Waals surface area (Å²) in [5.74, 6) is 1.16. The van der Waals surface area contributed by atoms with E-state index < -0.39 is 0 Å². The number of benzene rings is 2. The summed E-state index contributed by atoms with van der Waals surface area (Å²) in [6.07, 6.45) is 8.36. The Morgan fingerprint density at radius 2 is 1.91 bits per heavy atom. The highest BCUT2D eigenvalue weighted by atomic mass is 16.3. The number of unbranched alkanes of at least 4 members (excludes halogenated alkanes) is 2. The standard InChI is InChI=1S/C28H31N3O3/c1-2-23(32)11-7-4-8-12-24(28-30-18-25(31-28)20-9-5-3-6-10-20)29-19-26(33)21-13-14-27-22(17-21)15-16-34-27/h3,5-6,9-10,13-18,24,29H,2,4,7-8,11-12,19H2,1H3,(H,30,31)/t24-/m0/s1. The van der Waals surface area contributed by atoms with E-state index >= 15 is 0 Å². The number of aromatic nitrogens is 2. The molecule has 0 aliphatic carbocycles. The number of hydrogen-bond acceptors (Lipinski definition) is 5.